The molecule has 0 radical (unpaired) electrons. The molecule has 1 aliphatic heterocycles. The van der Waals surface area contributed by atoms with Gasteiger partial charge in [-0.2, -0.15) is 0 Å². The van der Waals surface area contributed by atoms with Gasteiger partial charge in [-0.25, -0.2) is 4.39 Å². The maximum absolute atomic E-state index is 13.0. The van der Waals surface area contributed by atoms with Gasteiger partial charge in [0.25, 0.3) is 0 Å². The smallest absolute Gasteiger partial charge is 0.490 e. The summed E-state index contributed by atoms with van der Waals surface area (Å²) in [5.74, 6) is 0.0495. The maximum atomic E-state index is 13.0. The van der Waals surface area contributed by atoms with Crippen LogP contribution in [-0.4, -0.2) is 31.3 Å². The Morgan fingerprint density at radius 2 is 2.00 bits per heavy atom. The van der Waals surface area contributed by atoms with Crippen molar-refractivity contribution in [1.82, 2.24) is 0 Å². The van der Waals surface area contributed by atoms with Crippen LogP contribution in [0.4, 0.5) is 17.6 Å². The van der Waals surface area contributed by atoms with Crippen molar-refractivity contribution in [2.45, 2.75) is 38.3 Å². The summed E-state index contributed by atoms with van der Waals surface area (Å²) in [6, 6.07) is 4.17. The summed E-state index contributed by atoms with van der Waals surface area (Å²) < 4.78 is 64.4. The molecule has 0 amide bonds. The van der Waals surface area contributed by atoms with Gasteiger partial charge < -0.3 is 9.47 Å². The van der Waals surface area contributed by atoms with E-state index in [2.05, 4.69) is 4.74 Å². The van der Waals surface area contributed by atoms with Crippen LogP contribution in [-0.2, 0) is 15.9 Å². The van der Waals surface area contributed by atoms with Crippen molar-refractivity contribution < 1.29 is 31.8 Å². The average molecular weight is 308 g/mol. The average Bonchev–Trinajstić information content (AvgIpc) is 2.33. The molecule has 1 aromatic rings. The van der Waals surface area contributed by atoms with Gasteiger partial charge in [-0.3, -0.25) is 4.74 Å². The molecule has 0 spiro atoms. The lowest BCUT2D eigenvalue weighted by atomic mass is 10.0. The van der Waals surface area contributed by atoms with Crippen molar-refractivity contribution in [2.75, 3.05) is 13.2 Å². The summed E-state index contributed by atoms with van der Waals surface area (Å²) in [6.07, 6.45) is -4.64. The Bertz CT molecular complexity index is 499. The molecular weight excluding hydrogens is 292 g/mol. The molecule has 21 heavy (non-hydrogen) atoms. The van der Waals surface area contributed by atoms with Crippen molar-refractivity contribution in [3.63, 3.8) is 0 Å². The zero-order valence-corrected chi connectivity index (χ0v) is 11.7. The van der Waals surface area contributed by atoms with Crippen LogP contribution in [0.15, 0.2) is 18.2 Å². The molecular formula is C14H16F4O3. The normalized spacial score (nSPS) is 19.0. The van der Waals surface area contributed by atoms with Crippen LogP contribution in [0.2, 0.25) is 0 Å². The van der Waals surface area contributed by atoms with Crippen molar-refractivity contribution in [3.8, 4) is 5.75 Å². The second-order valence-electron chi connectivity index (χ2n) is 5.51. The van der Waals surface area contributed by atoms with Gasteiger partial charge in [-0.15, -0.1) is 13.2 Å². The first-order valence-electron chi connectivity index (χ1n) is 6.44. The Morgan fingerprint density at radius 3 is 2.67 bits per heavy atom. The largest absolute Gasteiger partial charge is 0.523 e. The summed E-state index contributed by atoms with van der Waals surface area (Å²) in [5.41, 5.74) is -0.719. The second-order valence-corrected chi connectivity index (χ2v) is 5.51. The number of alkyl halides is 3. The lowest BCUT2D eigenvalue weighted by Gasteiger charge is -2.30. The number of halogens is 4. The van der Waals surface area contributed by atoms with Crippen LogP contribution in [0.25, 0.3) is 0 Å². The van der Waals surface area contributed by atoms with Crippen LogP contribution >= 0.6 is 0 Å². The van der Waals surface area contributed by atoms with Gasteiger partial charge in [-0.05, 0) is 25.5 Å². The molecule has 1 heterocycles. The lowest BCUT2D eigenvalue weighted by Crippen LogP contribution is -2.40. The molecule has 3 nitrogen and oxygen atoms in total. The van der Waals surface area contributed by atoms with Crippen molar-refractivity contribution >= 4 is 0 Å². The Kier molecular flexibility index (Phi) is 4.43. The first kappa shape index (κ1) is 16.0. The minimum absolute atomic E-state index is 0.165. The Morgan fingerprint density at radius 1 is 1.29 bits per heavy atom. The minimum atomic E-state index is -4.71. The molecule has 0 bridgehead atoms. The van der Waals surface area contributed by atoms with E-state index in [0.29, 0.717) is 12.2 Å². The van der Waals surface area contributed by atoms with Gasteiger partial charge in [0.15, 0.2) is 0 Å². The molecule has 0 saturated heterocycles. The third-order valence-electron chi connectivity index (χ3n) is 2.96. The standard InChI is InChI=1S/C14H16F4O3/c1-13(2,21-14(16,17)18)8-20-11-5-9-3-4-10(15)6-12(9)19-7-11/h3-4,6,11H,5,7-8H2,1-2H3. The van der Waals surface area contributed by atoms with Gasteiger partial charge in [0.1, 0.15) is 18.2 Å². The van der Waals surface area contributed by atoms with E-state index in [-0.39, 0.29) is 19.3 Å². The van der Waals surface area contributed by atoms with E-state index in [1.165, 1.54) is 26.0 Å². The molecule has 0 aromatic heterocycles. The Balaban J connectivity index is 1.90. The molecule has 1 atom stereocenters. The van der Waals surface area contributed by atoms with Crippen molar-refractivity contribution in [2.24, 2.45) is 0 Å². The Labute approximate surface area is 119 Å². The fourth-order valence-electron chi connectivity index (χ4n) is 2.09. The van der Waals surface area contributed by atoms with Gasteiger partial charge in [0.05, 0.1) is 18.3 Å². The fourth-order valence-corrected chi connectivity index (χ4v) is 2.09. The first-order valence-corrected chi connectivity index (χ1v) is 6.44. The van der Waals surface area contributed by atoms with Gasteiger partial charge in [0, 0.05) is 12.5 Å². The van der Waals surface area contributed by atoms with Crippen LogP contribution < -0.4 is 4.74 Å². The molecule has 1 unspecified atom stereocenters. The molecule has 7 heteroatoms. The number of ether oxygens (including phenoxy) is 3. The summed E-state index contributed by atoms with van der Waals surface area (Å²) in [4.78, 5) is 0. The van der Waals surface area contributed by atoms with E-state index in [4.69, 9.17) is 9.47 Å². The SMILES string of the molecule is CC(C)(COC1COc2cc(F)ccc2C1)OC(F)(F)F. The van der Waals surface area contributed by atoms with E-state index in [9.17, 15) is 17.6 Å². The maximum Gasteiger partial charge on any atom is 0.523 e. The summed E-state index contributed by atoms with van der Waals surface area (Å²) in [7, 11) is 0. The van der Waals surface area contributed by atoms with Crippen LogP contribution in [0.3, 0.4) is 0 Å². The van der Waals surface area contributed by atoms with Crippen LogP contribution in [0, 0.1) is 5.82 Å². The van der Waals surface area contributed by atoms with E-state index >= 15 is 0 Å². The summed E-state index contributed by atoms with van der Waals surface area (Å²) in [5, 5.41) is 0. The predicted octanol–water partition coefficient (Wildman–Crippen LogP) is 3.46. The highest BCUT2D eigenvalue weighted by molar-refractivity contribution is 5.36. The topological polar surface area (TPSA) is 27.7 Å². The fraction of sp³-hybridized carbons (Fsp3) is 0.571. The van der Waals surface area contributed by atoms with E-state index in [1.807, 2.05) is 0 Å². The molecule has 118 valence electrons. The zero-order chi connectivity index (χ0) is 15.7. The number of rotatable bonds is 4. The number of fused-ring (bicyclic) bond motifs is 1. The highest BCUT2D eigenvalue weighted by Crippen LogP contribution is 2.29. The van der Waals surface area contributed by atoms with Crippen LogP contribution in [0.5, 0.6) is 5.75 Å². The second kappa shape index (κ2) is 5.81. The van der Waals surface area contributed by atoms with Gasteiger partial charge in [0.2, 0.25) is 0 Å². The zero-order valence-electron chi connectivity index (χ0n) is 11.7. The Hall–Kier alpha value is -1.34. The molecule has 0 N–H and O–H groups in total. The van der Waals surface area contributed by atoms with Gasteiger partial charge in [-0.1, -0.05) is 6.07 Å². The molecule has 1 aliphatic rings. The predicted molar refractivity (Wildman–Crippen MR) is 66.6 cm³/mol. The molecule has 0 saturated carbocycles. The first-order chi connectivity index (χ1) is 9.65. The minimum Gasteiger partial charge on any atom is -0.490 e. The number of benzene rings is 1. The third kappa shape index (κ3) is 4.86. The highest BCUT2D eigenvalue weighted by Gasteiger charge is 2.38. The molecule has 1 aromatic carbocycles. The molecule has 0 aliphatic carbocycles. The highest BCUT2D eigenvalue weighted by atomic mass is 19.4. The van der Waals surface area contributed by atoms with Crippen molar-refractivity contribution in [3.05, 3.63) is 29.6 Å². The van der Waals surface area contributed by atoms with Gasteiger partial charge >= 0.3 is 6.36 Å². The van der Waals surface area contributed by atoms with E-state index in [0.717, 1.165) is 5.56 Å². The van der Waals surface area contributed by atoms with Crippen LogP contribution in [0.1, 0.15) is 19.4 Å². The molecule has 0 fully saturated rings. The third-order valence-corrected chi connectivity index (χ3v) is 2.96. The monoisotopic (exact) mass is 308 g/mol. The van der Waals surface area contributed by atoms with E-state index < -0.39 is 17.8 Å². The number of hydrogen-bond acceptors (Lipinski definition) is 3. The van der Waals surface area contributed by atoms with E-state index in [1.54, 1.807) is 6.07 Å². The lowest BCUT2D eigenvalue weighted by molar-refractivity contribution is -0.366. The van der Waals surface area contributed by atoms with Crippen molar-refractivity contribution in [1.29, 1.82) is 0 Å². The summed E-state index contributed by atoms with van der Waals surface area (Å²) in [6.45, 7) is 2.54. The number of hydrogen-bond donors (Lipinski definition) is 0. The molecule has 2 rings (SSSR count). The summed E-state index contributed by atoms with van der Waals surface area (Å²) >= 11 is 0. The quantitative estimate of drug-likeness (QED) is 0.797.